The number of rotatable bonds is 2. The minimum absolute atomic E-state index is 0.0229. The SMILES string of the molecule is CNC1(c2cncc(F)c2)CC1. The fraction of sp³-hybridized carbons (Fsp3) is 0.444. The number of hydrogen-bond donors (Lipinski definition) is 1. The standard InChI is InChI=1S/C9H11FN2/c1-11-9(2-3-9)7-4-8(10)6-12-5-7/h4-6,11H,2-3H2,1H3. The molecule has 1 aliphatic rings. The molecule has 2 rings (SSSR count). The van der Waals surface area contributed by atoms with Crippen LogP contribution >= 0.6 is 0 Å². The first-order valence-electron chi connectivity index (χ1n) is 4.07. The van der Waals surface area contributed by atoms with E-state index in [1.165, 1.54) is 6.20 Å². The second-order valence-corrected chi connectivity index (χ2v) is 3.22. The Hall–Kier alpha value is -0.960. The van der Waals surface area contributed by atoms with Crippen LogP contribution in [-0.4, -0.2) is 12.0 Å². The highest BCUT2D eigenvalue weighted by Gasteiger charge is 2.43. The van der Waals surface area contributed by atoms with Crippen molar-refractivity contribution < 1.29 is 4.39 Å². The van der Waals surface area contributed by atoms with Gasteiger partial charge in [0.2, 0.25) is 0 Å². The van der Waals surface area contributed by atoms with E-state index in [4.69, 9.17) is 0 Å². The van der Waals surface area contributed by atoms with Crippen molar-refractivity contribution in [3.05, 3.63) is 29.8 Å². The van der Waals surface area contributed by atoms with Crippen LogP contribution in [0, 0.1) is 5.82 Å². The molecule has 2 nitrogen and oxygen atoms in total. The van der Waals surface area contributed by atoms with Crippen LogP contribution in [0.3, 0.4) is 0 Å². The Morgan fingerprint density at radius 3 is 2.75 bits per heavy atom. The van der Waals surface area contributed by atoms with Crippen LogP contribution in [0.5, 0.6) is 0 Å². The van der Waals surface area contributed by atoms with Crippen LogP contribution in [0.4, 0.5) is 4.39 Å². The Bertz CT molecular complexity index is 294. The second kappa shape index (κ2) is 2.52. The minimum atomic E-state index is -0.256. The first-order chi connectivity index (χ1) is 5.77. The summed E-state index contributed by atoms with van der Waals surface area (Å²) >= 11 is 0. The zero-order chi connectivity index (χ0) is 8.60. The highest BCUT2D eigenvalue weighted by Crippen LogP contribution is 2.44. The van der Waals surface area contributed by atoms with E-state index in [1.807, 2.05) is 7.05 Å². The van der Waals surface area contributed by atoms with Gasteiger partial charge in [-0.3, -0.25) is 4.98 Å². The maximum atomic E-state index is 12.8. The number of nitrogens with zero attached hydrogens (tertiary/aromatic N) is 1. The summed E-state index contributed by atoms with van der Waals surface area (Å²) in [5.41, 5.74) is 0.986. The van der Waals surface area contributed by atoms with E-state index >= 15 is 0 Å². The van der Waals surface area contributed by atoms with Crippen LogP contribution in [0.15, 0.2) is 18.5 Å². The van der Waals surface area contributed by atoms with Crippen LogP contribution in [0.1, 0.15) is 18.4 Å². The summed E-state index contributed by atoms with van der Waals surface area (Å²) in [5.74, 6) is -0.256. The predicted octanol–water partition coefficient (Wildman–Crippen LogP) is 1.43. The van der Waals surface area contributed by atoms with Gasteiger partial charge in [0, 0.05) is 11.7 Å². The molecule has 12 heavy (non-hydrogen) atoms. The molecular weight excluding hydrogens is 155 g/mol. The van der Waals surface area contributed by atoms with Gasteiger partial charge in [-0.15, -0.1) is 0 Å². The fourth-order valence-corrected chi connectivity index (χ4v) is 1.48. The Kier molecular flexibility index (Phi) is 1.61. The zero-order valence-electron chi connectivity index (χ0n) is 6.97. The van der Waals surface area contributed by atoms with E-state index in [2.05, 4.69) is 10.3 Å². The van der Waals surface area contributed by atoms with Gasteiger partial charge in [0.1, 0.15) is 5.82 Å². The highest BCUT2D eigenvalue weighted by atomic mass is 19.1. The van der Waals surface area contributed by atoms with Gasteiger partial charge in [0.05, 0.1) is 6.20 Å². The normalized spacial score (nSPS) is 19.2. The maximum absolute atomic E-state index is 12.8. The molecule has 0 bridgehead atoms. The van der Waals surface area contributed by atoms with Crippen molar-refractivity contribution in [2.75, 3.05) is 7.05 Å². The van der Waals surface area contributed by atoms with Gasteiger partial charge in [-0.05, 0) is 31.5 Å². The predicted molar refractivity (Wildman–Crippen MR) is 44.2 cm³/mol. The second-order valence-electron chi connectivity index (χ2n) is 3.22. The van der Waals surface area contributed by atoms with Crippen molar-refractivity contribution in [3.8, 4) is 0 Å². The lowest BCUT2D eigenvalue weighted by Crippen LogP contribution is -2.24. The van der Waals surface area contributed by atoms with Gasteiger partial charge in [-0.25, -0.2) is 4.39 Å². The molecule has 0 spiro atoms. The van der Waals surface area contributed by atoms with E-state index in [-0.39, 0.29) is 11.4 Å². The van der Waals surface area contributed by atoms with Crippen molar-refractivity contribution in [2.24, 2.45) is 0 Å². The molecule has 1 aliphatic carbocycles. The number of nitrogens with one attached hydrogen (secondary N) is 1. The Labute approximate surface area is 70.8 Å². The fourth-order valence-electron chi connectivity index (χ4n) is 1.48. The quantitative estimate of drug-likeness (QED) is 0.718. The zero-order valence-corrected chi connectivity index (χ0v) is 6.97. The molecule has 0 aliphatic heterocycles. The van der Waals surface area contributed by atoms with Gasteiger partial charge in [0.25, 0.3) is 0 Å². The topological polar surface area (TPSA) is 24.9 Å². The summed E-state index contributed by atoms with van der Waals surface area (Å²) in [6, 6.07) is 1.55. The van der Waals surface area contributed by atoms with Gasteiger partial charge >= 0.3 is 0 Å². The lowest BCUT2D eigenvalue weighted by Gasteiger charge is -2.13. The van der Waals surface area contributed by atoms with E-state index < -0.39 is 0 Å². The molecule has 1 N–H and O–H groups in total. The molecule has 1 aromatic heterocycles. The van der Waals surface area contributed by atoms with Crippen molar-refractivity contribution in [3.63, 3.8) is 0 Å². The molecule has 3 heteroatoms. The highest BCUT2D eigenvalue weighted by molar-refractivity contribution is 5.27. The average Bonchev–Trinajstić information content (AvgIpc) is 2.84. The lowest BCUT2D eigenvalue weighted by atomic mass is 10.1. The van der Waals surface area contributed by atoms with E-state index in [9.17, 15) is 4.39 Å². The summed E-state index contributed by atoms with van der Waals surface area (Å²) in [7, 11) is 1.90. The molecule has 1 fully saturated rings. The van der Waals surface area contributed by atoms with Crippen LogP contribution in [0.2, 0.25) is 0 Å². The van der Waals surface area contributed by atoms with Crippen molar-refractivity contribution in [1.29, 1.82) is 0 Å². The summed E-state index contributed by atoms with van der Waals surface area (Å²) in [6.45, 7) is 0. The average molecular weight is 166 g/mol. The summed E-state index contributed by atoms with van der Waals surface area (Å²) < 4.78 is 12.8. The number of pyridine rings is 1. The summed E-state index contributed by atoms with van der Waals surface area (Å²) in [5, 5.41) is 3.19. The molecule has 1 saturated carbocycles. The van der Waals surface area contributed by atoms with E-state index in [0.29, 0.717) is 0 Å². The molecule has 0 radical (unpaired) electrons. The largest absolute Gasteiger partial charge is 0.310 e. The molecule has 0 amide bonds. The van der Waals surface area contributed by atoms with Crippen LogP contribution < -0.4 is 5.32 Å². The van der Waals surface area contributed by atoms with Gasteiger partial charge in [-0.2, -0.15) is 0 Å². The Morgan fingerprint density at radius 1 is 1.50 bits per heavy atom. The molecule has 0 unspecified atom stereocenters. The number of halogens is 1. The van der Waals surface area contributed by atoms with Crippen molar-refractivity contribution in [1.82, 2.24) is 10.3 Å². The molecular formula is C9H11FN2. The Morgan fingerprint density at radius 2 is 2.25 bits per heavy atom. The van der Waals surface area contributed by atoms with Crippen molar-refractivity contribution in [2.45, 2.75) is 18.4 Å². The third-order valence-electron chi connectivity index (χ3n) is 2.49. The molecule has 0 saturated heterocycles. The van der Waals surface area contributed by atoms with Gasteiger partial charge in [0.15, 0.2) is 0 Å². The third kappa shape index (κ3) is 1.10. The molecule has 1 aromatic rings. The third-order valence-corrected chi connectivity index (χ3v) is 2.49. The molecule has 1 heterocycles. The first kappa shape index (κ1) is 7.68. The lowest BCUT2D eigenvalue weighted by molar-refractivity contribution is 0.565. The maximum Gasteiger partial charge on any atom is 0.141 e. The molecule has 0 atom stereocenters. The summed E-state index contributed by atoms with van der Waals surface area (Å²) in [6.07, 6.45) is 5.12. The summed E-state index contributed by atoms with van der Waals surface area (Å²) in [4.78, 5) is 3.82. The molecule has 64 valence electrons. The smallest absolute Gasteiger partial charge is 0.141 e. The van der Waals surface area contributed by atoms with E-state index in [0.717, 1.165) is 18.4 Å². The van der Waals surface area contributed by atoms with Crippen molar-refractivity contribution >= 4 is 0 Å². The van der Waals surface area contributed by atoms with Gasteiger partial charge in [-0.1, -0.05) is 0 Å². The van der Waals surface area contributed by atoms with Crippen LogP contribution in [0.25, 0.3) is 0 Å². The number of hydrogen-bond acceptors (Lipinski definition) is 2. The molecule has 0 aromatic carbocycles. The van der Waals surface area contributed by atoms with Gasteiger partial charge < -0.3 is 5.32 Å². The number of aromatic nitrogens is 1. The first-order valence-corrected chi connectivity index (χ1v) is 4.07. The minimum Gasteiger partial charge on any atom is -0.310 e. The van der Waals surface area contributed by atoms with E-state index in [1.54, 1.807) is 12.3 Å². The Balaban J connectivity index is 2.34. The van der Waals surface area contributed by atoms with Crippen LogP contribution in [-0.2, 0) is 5.54 Å². The monoisotopic (exact) mass is 166 g/mol.